The predicted molar refractivity (Wildman–Crippen MR) is 59.1 cm³/mol. The Kier molecular flexibility index (Phi) is 5.28. The summed E-state index contributed by atoms with van der Waals surface area (Å²) in [6, 6.07) is 2.82. The normalized spacial score (nSPS) is 8.69. The number of aromatic nitrogens is 1. The van der Waals surface area contributed by atoms with Crippen LogP contribution in [0.2, 0.25) is 0 Å². The zero-order chi connectivity index (χ0) is 8.97. The number of rotatable bonds is 2. The summed E-state index contributed by atoms with van der Waals surface area (Å²) in [4.78, 5) is 7.38. The van der Waals surface area contributed by atoms with Crippen molar-refractivity contribution in [2.24, 2.45) is 16.5 Å². The number of hydrogen-bond donors (Lipinski definition) is 2. The van der Waals surface area contributed by atoms with Gasteiger partial charge in [-0.15, -0.1) is 24.0 Å². The molecule has 6 heteroatoms. The fraction of sp³-hybridized carbons (Fsp3) is 0.143. The molecule has 0 saturated carbocycles. The lowest BCUT2D eigenvalue weighted by Crippen LogP contribution is -2.22. The number of nitrogens with two attached hydrogens (primary N) is 2. The van der Waals surface area contributed by atoms with Crippen molar-refractivity contribution >= 4 is 29.9 Å². The molecule has 1 heterocycles. The first-order chi connectivity index (χ1) is 5.70. The average molecular weight is 296 g/mol. The highest BCUT2D eigenvalue weighted by molar-refractivity contribution is 14.0. The topological polar surface area (TPSA) is 77.3 Å². The van der Waals surface area contributed by atoms with E-state index in [9.17, 15) is 4.39 Å². The Morgan fingerprint density at radius 2 is 2.23 bits per heavy atom. The fourth-order valence-corrected chi connectivity index (χ4v) is 0.701. The maximum Gasteiger partial charge on any atom is 0.186 e. The van der Waals surface area contributed by atoms with Crippen LogP contribution >= 0.6 is 24.0 Å². The van der Waals surface area contributed by atoms with Gasteiger partial charge in [-0.2, -0.15) is 0 Å². The molecular weight excluding hydrogens is 286 g/mol. The van der Waals surface area contributed by atoms with E-state index in [0.29, 0.717) is 0 Å². The largest absolute Gasteiger partial charge is 0.370 e. The third-order valence-corrected chi connectivity index (χ3v) is 1.25. The first-order valence-corrected chi connectivity index (χ1v) is 3.35. The molecule has 0 radical (unpaired) electrons. The maximum atomic E-state index is 12.8. The smallest absolute Gasteiger partial charge is 0.186 e. The second-order valence-electron chi connectivity index (χ2n) is 2.17. The molecule has 4 N–H and O–H groups in total. The highest BCUT2D eigenvalue weighted by atomic mass is 127. The average Bonchev–Trinajstić information content (AvgIpc) is 2.03. The highest BCUT2D eigenvalue weighted by Crippen LogP contribution is 2.02. The Balaban J connectivity index is 0.00000144. The quantitative estimate of drug-likeness (QED) is 0.477. The van der Waals surface area contributed by atoms with Crippen molar-refractivity contribution in [1.29, 1.82) is 0 Å². The minimum absolute atomic E-state index is 0. The van der Waals surface area contributed by atoms with Gasteiger partial charge in [-0.1, -0.05) is 0 Å². The van der Waals surface area contributed by atoms with Gasteiger partial charge in [0, 0.05) is 6.20 Å². The van der Waals surface area contributed by atoms with Crippen LogP contribution in [0.3, 0.4) is 0 Å². The molecular formula is C7H10FIN4. The Hall–Kier alpha value is -0.920. The van der Waals surface area contributed by atoms with E-state index < -0.39 is 5.82 Å². The van der Waals surface area contributed by atoms with Gasteiger partial charge in [0.15, 0.2) is 5.96 Å². The van der Waals surface area contributed by atoms with Crippen LogP contribution in [0.15, 0.2) is 23.3 Å². The highest BCUT2D eigenvalue weighted by Gasteiger charge is 1.99. The molecule has 1 aromatic heterocycles. The van der Waals surface area contributed by atoms with Gasteiger partial charge in [0.2, 0.25) is 0 Å². The standard InChI is InChI=1S/C7H9FN4.HI/c8-5-2-1-3-11-6(5)4-12-7(9)10;/h1-3H,4H2,(H4,9,10,12);1H. The van der Waals surface area contributed by atoms with Crippen molar-refractivity contribution in [2.75, 3.05) is 0 Å². The number of aliphatic imine (C=N–C) groups is 1. The van der Waals surface area contributed by atoms with Gasteiger partial charge >= 0.3 is 0 Å². The van der Waals surface area contributed by atoms with E-state index in [1.54, 1.807) is 0 Å². The molecule has 0 spiro atoms. The molecule has 0 bridgehead atoms. The molecule has 1 rings (SSSR count). The number of nitrogens with zero attached hydrogens (tertiary/aromatic N) is 2. The van der Waals surface area contributed by atoms with Crippen LogP contribution in [0.1, 0.15) is 5.69 Å². The van der Waals surface area contributed by atoms with Crippen LogP contribution < -0.4 is 11.5 Å². The van der Waals surface area contributed by atoms with Gasteiger partial charge in [-0.3, -0.25) is 4.98 Å². The SMILES string of the molecule is I.NC(N)=NCc1ncccc1F. The van der Waals surface area contributed by atoms with Crippen molar-refractivity contribution in [3.05, 3.63) is 29.8 Å². The summed E-state index contributed by atoms with van der Waals surface area (Å²) in [5.41, 5.74) is 10.4. The van der Waals surface area contributed by atoms with Gasteiger partial charge in [0.1, 0.15) is 5.82 Å². The maximum absolute atomic E-state index is 12.8. The van der Waals surface area contributed by atoms with Crippen LogP contribution in [0.5, 0.6) is 0 Å². The van der Waals surface area contributed by atoms with Crippen molar-refractivity contribution in [2.45, 2.75) is 6.54 Å². The van der Waals surface area contributed by atoms with E-state index in [4.69, 9.17) is 11.5 Å². The zero-order valence-corrected chi connectivity index (χ0v) is 9.10. The first kappa shape index (κ1) is 12.1. The predicted octanol–water partition coefficient (Wildman–Crippen LogP) is 0.612. The molecule has 0 fully saturated rings. The van der Waals surface area contributed by atoms with Crippen molar-refractivity contribution in [1.82, 2.24) is 4.98 Å². The summed E-state index contributed by atoms with van der Waals surface area (Å²) in [6.45, 7) is 0.0784. The summed E-state index contributed by atoms with van der Waals surface area (Å²) in [6.07, 6.45) is 1.49. The van der Waals surface area contributed by atoms with Crippen LogP contribution in [0.25, 0.3) is 0 Å². The van der Waals surface area contributed by atoms with Gasteiger partial charge in [0.25, 0.3) is 0 Å². The van der Waals surface area contributed by atoms with Crippen molar-refractivity contribution in [3.63, 3.8) is 0 Å². The van der Waals surface area contributed by atoms with E-state index >= 15 is 0 Å². The lowest BCUT2D eigenvalue weighted by molar-refractivity contribution is 0.600. The molecule has 1 aromatic rings. The second-order valence-corrected chi connectivity index (χ2v) is 2.17. The monoisotopic (exact) mass is 296 g/mol. The lowest BCUT2D eigenvalue weighted by atomic mass is 10.3. The molecule has 0 aromatic carbocycles. The van der Waals surface area contributed by atoms with Crippen molar-refractivity contribution < 1.29 is 4.39 Å². The third-order valence-electron chi connectivity index (χ3n) is 1.25. The van der Waals surface area contributed by atoms with Gasteiger partial charge < -0.3 is 11.5 Å². The minimum Gasteiger partial charge on any atom is -0.370 e. The molecule has 72 valence electrons. The van der Waals surface area contributed by atoms with Crippen LogP contribution in [0.4, 0.5) is 4.39 Å². The zero-order valence-electron chi connectivity index (χ0n) is 6.77. The van der Waals surface area contributed by atoms with Gasteiger partial charge in [-0.05, 0) is 12.1 Å². The summed E-state index contributed by atoms with van der Waals surface area (Å²) in [5, 5.41) is 0. The van der Waals surface area contributed by atoms with Gasteiger partial charge in [-0.25, -0.2) is 9.38 Å². The van der Waals surface area contributed by atoms with E-state index in [0.717, 1.165) is 0 Å². The van der Waals surface area contributed by atoms with E-state index in [2.05, 4.69) is 9.98 Å². The Morgan fingerprint density at radius 3 is 2.77 bits per heavy atom. The fourth-order valence-electron chi connectivity index (χ4n) is 0.701. The molecule has 4 nitrogen and oxygen atoms in total. The lowest BCUT2D eigenvalue weighted by Gasteiger charge is -1.96. The molecule has 0 atom stereocenters. The molecule has 0 aliphatic carbocycles. The number of hydrogen-bond acceptors (Lipinski definition) is 2. The first-order valence-electron chi connectivity index (χ1n) is 3.35. The summed E-state index contributed by atoms with van der Waals surface area (Å²) in [5.74, 6) is -0.470. The number of halogens is 2. The Bertz CT molecular complexity index is 298. The van der Waals surface area contributed by atoms with E-state index in [-0.39, 0.29) is 42.2 Å². The molecule has 0 amide bonds. The number of guanidine groups is 1. The molecule has 13 heavy (non-hydrogen) atoms. The number of pyridine rings is 1. The van der Waals surface area contributed by atoms with Gasteiger partial charge in [0.05, 0.1) is 12.2 Å². The van der Waals surface area contributed by atoms with E-state index in [1.807, 2.05) is 0 Å². The van der Waals surface area contributed by atoms with E-state index in [1.165, 1.54) is 18.3 Å². The molecule has 0 unspecified atom stereocenters. The van der Waals surface area contributed by atoms with Crippen molar-refractivity contribution in [3.8, 4) is 0 Å². The second kappa shape index (κ2) is 5.68. The molecule has 0 saturated heterocycles. The van der Waals surface area contributed by atoms with Crippen LogP contribution in [0, 0.1) is 5.82 Å². The molecule has 0 aliphatic rings. The van der Waals surface area contributed by atoms with Crippen LogP contribution in [-0.4, -0.2) is 10.9 Å². The summed E-state index contributed by atoms with van der Waals surface area (Å²) < 4.78 is 12.8. The van der Waals surface area contributed by atoms with Crippen LogP contribution in [-0.2, 0) is 6.54 Å². The Labute approximate surface area is 92.3 Å². The minimum atomic E-state index is -0.400. The summed E-state index contributed by atoms with van der Waals surface area (Å²) >= 11 is 0. The molecule has 0 aliphatic heterocycles. The third kappa shape index (κ3) is 4.02. The Morgan fingerprint density at radius 1 is 1.54 bits per heavy atom. The summed E-state index contributed by atoms with van der Waals surface area (Å²) in [7, 11) is 0.